The summed E-state index contributed by atoms with van der Waals surface area (Å²) < 4.78 is 0. The van der Waals surface area contributed by atoms with Crippen molar-refractivity contribution >= 4 is 18.3 Å². The smallest absolute Gasteiger partial charge is 0.232 e. The van der Waals surface area contributed by atoms with Crippen LogP contribution in [0.3, 0.4) is 0 Å². The van der Waals surface area contributed by atoms with Gasteiger partial charge < -0.3 is 10.6 Å². The maximum Gasteiger partial charge on any atom is 0.232 e. The zero-order valence-corrected chi connectivity index (χ0v) is 13.9. The first-order valence-corrected chi connectivity index (χ1v) is 7.95. The fourth-order valence-electron chi connectivity index (χ4n) is 3.05. The highest BCUT2D eigenvalue weighted by Crippen LogP contribution is 2.25. The Kier molecular flexibility index (Phi) is 6.63. The van der Waals surface area contributed by atoms with Crippen molar-refractivity contribution in [2.45, 2.75) is 24.8 Å². The van der Waals surface area contributed by atoms with Crippen LogP contribution in [0.1, 0.15) is 29.9 Å². The summed E-state index contributed by atoms with van der Waals surface area (Å²) in [5.41, 5.74) is 2.07. The molecule has 0 saturated carbocycles. The van der Waals surface area contributed by atoms with Crippen LogP contribution in [0.5, 0.6) is 0 Å². The predicted molar refractivity (Wildman–Crippen MR) is 96.0 cm³/mol. The fraction of sp³-hybridized carbons (Fsp3) is 0.316. The van der Waals surface area contributed by atoms with E-state index >= 15 is 0 Å². The van der Waals surface area contributed by atoms with E-state index in [4.69, 9.17) is 0 Å². The van der Waals surface area contributed by atoms with E-state index in [1.165, 1.54) is 0 Å². The lowest BCUT2D eigenvalue weighted by Crippen LogP contribution is -2.47. The standard InChI is InChI=1S/C19H22N2O.ClH/c22-19(21-17-12-7-13-20-14-17)18(15-8-3-1-4-9-15)16-10-5-2-6-11-16;/h1-6,8-11,17-18,20H,7,12-14H2,(H,21,22);1H. The highest BCUT2D eigenvalue weighted by molar-refractivity contribution is 5.87. The number of carbonyl (C=O) groups is 1. The van der Waals surface area contributed by atoms with Gasteiger partial charge in [0.25, 0.3) is 0 Å². The Labute approximate surface area is 143 Å². The van der Waals surface area contributed by atoms with Crippen LogP contribution in [0, 0.1) is 0 Å². The van der Waals surface area contributed by atoms with Gasteiger partial charge in [-0.1, -0.05) is 60.7 Å². The molecule has 2 aromatic rings. The second-order valence-electron chi connectivity index (χ2n) is 5.81. The molecule has 1 aliphatic rings. The van der Waals surface area contributed by atoms with Crippen LogP contribution < -0.4 is 10.6 Å². The number of piperidine rings is 1. The highest BCUT2D eigenvalue weighted by atomic mass is 35.5. The number of carbonyl (C=O) groups excluding carboxylic acids is 1. The number of rotatable bonds is 4. The van der Waals surface area contributed by atoms with Crippen molar-refractivity contribution in [3.05, 3.63) is 71.8 Å². The van der Waals surface area contributed by atoms with Gasteiger partial charge in [-0.25, -0.2) is 0 Å². The summed E-state index contributed by atoms with van der Waals surface area (Å²) in [6.07, 6.45) is 2.17. The largest absolute Gasteiger partial charge is 0.351 e. The molecule has 1 aliphatic heterocycles. The third-order valence-electron chi connectivity index (χ3n) is 4.17. The van der Waals surface area contributed by atoms with Gasteiger partial charge in [0.1, 0.15) is 0 Å². The molecule has 0 bridgehead atoms. The average Bonchev–Trinajstić information content (AvgIpc) is 2.58. The second kappa shape index (κ2) is 8.70. The fourth-order valence-corrected chi connectivity index (χ4v) is 3.05. The van der Waals surface area contributed by atoms with Crippen LogP contribution in [0.25, 0.3) is 0 Å². The summed E-state index contributed by atoms with van der Waals surface area (Å²) in [5.74, 6) is -0.157. The molecule has 0 aliphatic carbocycles. The third-order valence-corrected chi connectivity index (χ3v) is 4.17. The summed E-state index contributed by atoms with van der Waals surface area (Å²) in [7, 11) is 0. The number of amides is 1. The normalized spacial score (nSPS) is 17.3. The van der Waals surface area contributed by atoms with E-state index in [0.29, 0.717) is 0 Å². The first-order chi connectivity index (χ1) is 10.8. The monoisotopic (exact) mass is 330 g/mol. The quantitative estimate of drug-likeness (QED) is 0.904. The maximum atomic E-state index is 12.9. The molecule has 3 rings (SSSR count). The summed E-state index contributed by atoms with van der Waals surface area (Å²) in [6, 6.07) is 20.2. The van der Waals surface area contributed by atoms with Crippen molar-refractivity contribution in [2.24, 2.45) is 0 Å². The summed E-state index contributed by atoms with van der Waals surface area (Å²) in [4.78, 5) is 12.9. The molecule has 0 spiro atoms. The lowest BCUT2D eigenvalue weighted by atomic mass is 9.90. The van der Waals surface area contributed by atoms with Gasteiger partial charge in [0.15, 0.2) is 0 Å². The molecule has 122 valence electrons. The topological polar surface area (TPSA) is 41.1 Å². The van der Waals surface area contributed by atoms with Crippen LogP contribution in [-0.4, -0.2) is 25.0 Å². The van der Waals surface area contributed by atoms with Gasteiger partial charge in [-0.3, -0.25) is 4.79 Å². The van der Waals surface area contributed by atoms with Crippen LogP contribution in [0.15, 0.2) is 60.7 Å². The van der Waals surface area contributed by atoms with E-state index < -0.39 is 0 Å². The first-order valence-electron chi connectivity index (χ1n) is 7.95. The molecule has 4 heteroatoms. The van der Waals surface area contributed by atoms with E-state index in [1.54, 1.807) is 0 Å². The van der Waals surface area contributed by atoms with Gasteiger partial charge in [-0.05, 0) is 30.5 Å². The van der Waals surface area contributed by atoms with E-state index in [9.17, 15) is 4.79 Å². The minimum atomic E-state index is -0.246. The minimum Gasteiger partial charge on any atom is -0.351 e. The Morgan fingerprint density at radius 3 is 2.04 bits per heavy atom. The molecule has 3 nitrogen and oxygen atoms in total. The average molecular weight is 331 g/mol. The van der Waals surface area contributed by atoms with E-state index in [-0.39, 0.29) is 30.3 Å². The predicted octanol–water partition coefficient (Wildman–Crippen LogP) is 3.11. The molecule has 1 atom stereocenters. The molecule has 1 unspecified atom stereocenters. The molecule has 0 aromatic heterocycles. The van der Waals surface area contributed by atoms with Crippen molar-refractivity contribution in [2.75, 3.05) is 13.1 Å². The van der Waals surface area contributed by atoms with Crippen molar-refractivity contribution in [3.63, 3.8) is 0 Å². The summed E-state index contributed by atoms with van der Waals surface area (Å²) in [5, 5.41) is 6.56. The minimum absolute atomic E-state index is 0. The van der Waals surface area contributed by atoms with Crippen LogP contribution >= 0.6 is 12.4 Å². The van der Waals surface area contributed by atoms with Crippen LogP contribution in [-0.2, 0) is 4.79 Å². The molecule has 2 N–H and O–H groups in total. The van der Waals surface area contributed by atoms with E-state index in [1.807, 2.05) is 60.7 Å². The Balaban J connectivity index is 0.00000192. The number of hydrogen-bond donors (Lipinski definition) is 2. The Morgan fingerprint density at radius 2 is 1.57 bits per heavy atom. The maximum absolute atomic E-state index is 12.9. The number of hydrogen-bond acceptors (Lipinski definition) is 2. The van der Waals surface area contributed by atoms with Gasteiger partial charge in [0, 0.05) is 12.6 Å². The van der Waals surface area contributed by atoms with Crippen LogP contribution in [0.2, 0.25) is 0 Å². The lowest BCUT2D eigenvalue weighted by molar-refractivity contribution is -0.122. The number of halogens is 1. The molecule has 23 heavy (non-hydrogen) atoms. The first kappa shape index (κ1) is 17.5. The second-order valence-corrected chi connectivity index (χ2v) is 5.81. The third kappa shape index (κ3) is 4.57. The molecule has 1 amide bonds. The molecule has 2 aromatic carbocycles. The van der Waals surface area contributed by atoms with Gasteiger partial charge in [-0.2, -0.15) is 0 Å². The number of nitrogens with one attached hydrogen (secondary N) is 2. The Morgan fingerprint density at radius 1 is 1.00 bits per heavy atom. The molecule has 0 radical (unpaired) electrons. The lowest BCUT2D eigenvalue weighted by Gasteiger charge is -2.26. The zero-order valence-electron chi connectivity index (χ0n) is 13.1. The van der Waals surface area contributed by atoms with Gasteiger partial charge in [0.2, 0.25) is 5.91 Å². The molecule has 1 saturated heterocycles. The molecular formula is C19H23ClN2O. The van der Waals surface area contributed by atoms with Crippen LogP contribution in [0.4, 0.5) is 0 Å². The molecular weight excluding hydrogens is 308 g/mol. The van der Waals surface area contributed by atoms with Crippen molar-refractivity contribution in [3.8, 4) is 0 Å². The van der Waals surface area contributed by atoms with E-state index in [2.05, 4.69) is 10.6 Å². The van der Waals surface area contributed by atoms with Crippen molar-refractivity contribution in [1.82, 2.24) is 10.6 Å². The van der Waals surface area contributed by atoms with Gasteiger partial charge in [0.05, 0.1) is 5.92 Å². The van der Waals surface area contributed by atoms with Gasteiger partial charge in [-0.15, -0.1) is 12.4 Å². The Bertz CT molecular complexity index is 558. The van der Waals surface area contributed by atoms with Crippen molar-refractivity contribution in [1.29, 1.82) is 0 Å². The number of benzene rings is 2. The molecule has 1 fully saturated rings. The zero-order chi connectivity index (χ0) is 15.2. The summed E-state index contributed by atoms with van der Waals surface area (Å²) in [6.45, 7) is 1.91. The van der Waals surface area contributed by atoms with Crippen molar-refractivity contribution < 1.29 is 4.79 Å². The van der Waals surface area contributed by atoms with E-state index in [0.717, 1.165) is 37.1 Å². The van der Waals surface area contributed by atoms with Gasteiger partial charge >= 0.3 is 0 Å². The summed E-state index contributed by atoms with van der Waals surface area (Å²) >= 11 is 0. The Hall–Kier alpha value is -1.84. The molecule has 1 heterocycles. The highest BCUT2D eigenvalue weighted by Gasteiger charge is 2.25. The SMILES string of the molecule is Cl.O=C(NC1CCCNC1)C(c1ccccc1)c1ccccc1.